The quantitative estimate of drug-likeness (QED) is 0.332. The van der Waals surface area contributed by atoms with Gasteiger partial charge in [0, 0.05) is 39.3 Å². The zero-order valence-corrected chi connectivity index (χ0v) is 18.1. The zero-order chi connectivity index (χ0) is 20.6. The van der Waals surface area contributed by atoms with E-state index in [-0.39, 0.29) is 0 Å². The Morgan fingerprint density at radius 3 is 2.29 bits per heavy atom. The number of anilines is 1. The van der Waals surface area contributed by atoms with E-state index in [4.69, 9.17) is 0 Å². The maximum atomic E-state index is 3.68. The SMILES string of the molecule is c1ccc(C2SC(Cc3cccc4c3[nH]c3ccccc34)CN2c2ccccc2)cc1. The summed E-state index contributed by atoms with van der Waals surface area (Å²) in [5.41, 5.74) is 6.60. The Morgan fingerprint density at radius 2 is 1.45 bits per heavy atom. The van der Waals surface area contributed by atoms with E-state index in [2.05, 4.69) is 125 Å². The van der Waals surface area contributed by atoms with Gasteiger partial charge in [-0.3, -0.25) is 0 Å². The maximum Gasteiger partial charge on any atom is 0.101 e. The van der Waals surface area contributed by atoms with Crippen LogP contribution < -0.4 is 4.90 Å². The number of aromatic amines is 1. The van der Waals surface area contributed by atoms with Crippen molar-refractivity contribution in [2.24, 2.45) is 0 Å². The third-order valence-electron chi connectivity index (χ3n) is 6.25. The number of benzene rings is 4. The second-order valence-corrected chi connectivity index (χ2v) is 9.61. The zero-order valence-electron chi connectivity index (χ0n) is 17.2. The summed E-state index contributed by atoms with van der Waals surface area (Å²) >= 11 is 2.09. The molecule has 3 heteroatoms. The van der Waals surface area contributed by atoms with E-state index in [1.807, 2.05) is 0 Å². The molecule has 0 saturated carbocycles. The number of nitrogens with one attached hydrogen (secondary N) is 1. The van der Waals surface area contributed by atoms with Crippen LogP contribution in [0.15, 0.2) is 103 Å². The highest BCUT2D eigenvalue weighted by Crippen LogP contribution is 2.46. The first-order valence-electron chi connectivity index (χ1n) is 10.9. The Hall–Kier alpha value is -3.17. The largest absolute Gasteiger partial charge is 0.354 e. The molecular formula is C28H24N2S. The van der Waals surface area contributed by atoms with Gasteiger partial charge in [0.25, 0.3) is 0 Å². The maximum absolute atomic E-state index is 3.68. The van der Waals surface area contributed by atoms with Gasteiger partial charge in [0.05, 0.1) is 0 Å². The Bertz CT molecular complexity index is 1280. The van der Waals surface area contributed by atoms with Gasteiger partial charge in [0.15, 0.2) is 0 Å². The molecule has 2 unspecified atom stereocenters. The molecule has 0 spiro atoms. The molecule has 0 radical (unpaired) electrons. The van der Waals surface area contributed by atoms with Crippen molar-refractivity contribution < 1.29 is 0 Å². The van der Waals surface area contributed by atoms with Gasteiger partial charge in [0.1, 0.15) is 5.37 Å². The first-order chi connectivity index (χ1) is 15.4. The number of H-pyrrole nitrogens is 1. The van der Waals surface area contributed by atoms with E-state index in [0.29, 0.717) is 10.6 Å². The molecule has 0 aliphatic carbocycles. The van der Waals surface area contributed by atoms with Gasteiger partial charge < -0.3 is 9.88 Å². The van der Waals surface area contributed by atoms with Crippen molar-refractivity contribution in [3.63, 3.8) is 0 Å². The molecule has 1 fully saturated rings. The van der Waals surface area contributed by atoms with Crippen LogP contribution in [0.3, 0.4) is 0 Å². The second kappa shape index (κ2) is 7.82. The van der Waals surface area contributed by atoms with Crippen molar-refractivity contribution in [1.29, 1.82) is 0 Å². The van der Waals surface area contributed by atoms with Crippen LogP contribution in [0, 0.1) is 0 Å². The molecular weight excluding hydrogens is 396 g/mol. The Balaban J connectivity index is 1.35. The molecule has 2 nitrogen and oxygen atoms in total. The van der Waals surface area contributed by atoms with Crippen LogP contribution in [0.25, 0.3) is 21.8 Å². The van der Waals surface area contributed by atoms with Gasteiger partial charge in [-0.1, -0.05) is 84.9 Å². The summed E-state index contributed by atoms with van der Waals surface area (Å²) in [5, 5.41) is 3.51. The summed E-state index contributed by atoms with van der Waals surface area (Å²) < 4.78 is 0. The molecule has 1 aliphatic rings. The fraction of sp³-hybridized carbons (Fsp3) is 0.143. The lowest BCUT2D eigenvalue weighted by molar-refractivity contribution is 0.784. The standard InChI is InChI=1S/C28H24N2S/c1-3-10-20(11-4-1)28-30(22-13-5-2-6-14-22)19-23(31-28)18-21-12-9-16-25-24-15-7-8-17-26(24)29-27(21)25/h1-17,23,28-29H,18-19H2. The number of rotatable bonds is 4. The lowest BCUT2D eigenvalue weighted by Crippen LogP contribution is -2.24. The number of fused-ring (bicyclic) bond motifs is 3. The van der Waals surface area contributed by atoms with Crippen molar-refractivity contribution in [3.05, 3.63) is 114 Å². The predicted molar refractivity (Wildman–Crippen MR) is 134 cm³/mol. The first-order valence-corrected chi connectivity index (χ1v) is 11.8. The van der Waals surface area contributed by atoms with E-state index in [0.717, 1.165) is 13.0 Å². The minimum absolute atomic E-state index is 0.343. The number of para-hydroxylation sites is 3. The number of nitrogens with zero attached hydrogens (tertiary/aromatic N) is 1. The average Bonchev–Trinajstić information content (AvgIpc) is 3.43. The molecule has 2 heterocycles. The number of thioether (sulfide) groups is 1. The molecule has 6 rings (SSSR count). The molecule has 31 heavy (non-hydrogen) atoms. The van der Waals surface area contributed by atoms with Crippen LogP contribution in [0.4, 0.5) is 5.69 Å². The lowest BCUT2D eigenvalue weighted by atomic mass is 10.0. The van der Waals surface area contributed by atoms with Crippen LogP contribution in [0.5, 0.6) is 0 Å². The van der Waals surface area contributed by atoms with Crippen LogP contribution in [0.1, 0.15) is 16.5 Å². The molecule has 2 atom stereocenters. The first kappa shape index (κ1) is 18.6. The second-order valence-electron chi connectivity index (χ2n) is 8.22. The van der Waals surface area contributed by atoms with Crippen molar-refractivity contribution in [2.45, 2.75) is 17.0 Å². The van der Waals surface area contributed by atoms with Crippen molar-refractivity contribution in [2.75, 3.05) is 11.4 Å². The van der Waals surface area contributed by atoms with Gasteiger partial charge in [-0.15, -0.1) is 11.8 Å². The van der Waals surface area contributed by atoms with Crippen LogP contribution >= 0.6 is 11.8 Å². The Labute approximate surface area is 186 Å². The smallest absolute Gasteiger partial charge is 0.101 e. The van der Waals surface area contributed by atoms with Crippen molar-refractivity contribution in [3.8, 4) is 0 Å². The normalized spacial score (nSPS) is 18.8. The fourth-order valence-corrected chi connectivity index (χ4v) is 6.37. The summed E-state index contributed by atoms with van der Waals surface area (Å²) in [6.07, 6.45) is 1.06. The minimum Gasteiger partial charge on any atom is -0.354 e. The average molecular weight is 421 g/mol. The van der Waals surface area contributed by atoms with Crippen molar-refractivity contribution >= 4 is 39.3 Å². The highest BCUT2D eigenvalue weighted by Gasteiger charge is 2.34. The minimum atomic E-state index is 0.343. The summed E-state index contributed by atoms with van der Waals surface area (Å²) in [4.78, 5) is 6.25. The monoisotopic (exact) mass is 420 g/mol. The summed E-state index contributed by atoms with van der Waals surface area (Å²) in [5.74, 6) is 0. The van der Waals surface area contributed by atoms with Gasteiger partial charge in [-0.25, -0.2) is 0 Å². The molecule has 4 aromatic carbocycles. The van der Waals surface area contributed by atoms with Gasteiger partial charge in [0.2, 0.25) is 0 Å². The Kier molecular flexibility index (Phi) is 4.69. The third kappa shape index (κ3) is 3.39. The van der Waals surface area contributed by atoms with E-state index in [1.54, 1.807) is 0 Å². The molecule has 0 amide bonds. The third-order valence-corrected chi connectivity index (χ3v) is 7.74. The summed E-state index contributed by atoms with van der Waals surface area (Å²) in [6, 6.07) is 37.1. The fourth-order valence-electron chi connectivity index (χ4n) is 4.81. The van der Waals surface area contributed by atoms with Crippen LogP contribution in [0.2, 0.25) is 0 Å². The topological polar surface area (TPSA) is 19.0 Å². The molecule has 1 N–H and O–H groups in total. The highest BCUT2D eigenvalue weighted by atomic mass is 32.2. The summed E-state index contributed by atoms with van der Waals surface area (Å²) in [7, 11) is 0. The van der Waals surface area contributed by atoms with E-state index in [9.17, 15) is 0 Å². The number of aromatic nitrogens is 1. The number of hydrogen-bond donors (Lipinski definition) is 1. The predicted octanol–water partition coefficient (Wildman–Crippen LogP) is 7.18. The molecule has 1 saturated heterocycles. The molecule has 5 aromatic rings. The lowest BCUT2D eigenvalue weighted by Gasteiger charge is -2.26. The highest BCUT2D eigenvalue weighted by molar-refractivity contribution is 8.00. The van der Waals surface area contributed by atoms with Gasteiger partial charge in [-0.2, -0.15) is 0 Å². The van der Waals surface area contributed by atoms with E-state index < -0.39 is 0 Å². The van der Waals surface area contributed by atoms with Gasteiger partial charge in [-0.05, 0) is 35.7 Å². The molecule has 0 bridgehead atoms. The number of hydrogen-bond acceptors (Lipinski definition) is 2. The van der Waals surface area contributed by atoms with Crippen molar-refractivity contribution in [1.82, 2.24) is 4.98 Å². The summed E-state index contributed by atoms with van der Waals surface area (Å²) in [6.45, 7) is 1.05. The van der Waals surface area contributed by atoms with Crippen LogP contribution in [-0.4, -0.2) is 16.8 Å². The van der Waals surface area contributed by atoms with Gasteiger partial charge >= 0.3 is 0 Å². The van der Waals surface area contributed by atoms with E-state index in [1.165, 1.54) is 38.6 Å². The van der Waals surface area contributed by atoms with E-state index >= 15 is 0 Å². The molecule has 1 aliphatic heterocycles. The Morgan fingerprint density at radius 1 is 0.742 bits per heavy atom. The molecule has 152 valence electrons. The van der Waals surface area contributed by atoms with Crippen LogP contribution in [-0.2, 0) is 6.42 Å². The molecule has 1 aromatic heterocycles.